The molecule has 0 aliphatic carbocycles. The third kappa shape index (κ3) is 4.13. The third-order valence-corrected chi connectivity index (χ3v) is 4.93. The fraction of sp³-hybridized carbons (Fsp3) is 0.500. The largest absolute Gasteiger partial charge is 0.497 e. The van der Waals surface area contributed by atoms with Crippen molar-refractivity contribution in [1.82, 2.24) is 19.2 Å². The monoisotopic (exact) mass is 376 g/mol. The highest BCUT2D eigenvalue weighted by Gasteiger charge is 2.27. The van der Waals surface area contributed by atoms with Crippen molar-refractivity contribution in [2.45, 2.75) is 26.4 Å². The number of ether oxygens (including phenoxy) is 2. The van der Waals surface area contributed by atoms with Gasteiger partial charge in [-0.05, 0) is 50.7 Å². The molecule has 0 spiro atoms. The highest BCUT2D eigenvalue weighted by atomic mass is 32.1. The Morgan fingerprint density at radius 3 is 3.04 bits per heavy atom. The van der Waals surface area contributed by atoms with Gasteiger partial charge in [0.1, 0.15) is 12.1 Å². The van der Waals surface area contributed by atoms with Crippen LogP contribution in [0.1, 0.15) is 19.8 Å². The number of piperidine rings is 1. The van der Waals surface area contributed by atoms with Crippen molar-refractivity contribution in [2.24, 2.45) is 5.92 Å². The highest BCUT2D eigenvalue weighted by molar-refractivity contribution is 7.71. The van der Waals surface area contributed by atoms with Crippen molar-refractivity contribution in [3.8, 4) is 11.4 Å². The van der Waals surface area contributed by atoms with Gasteiger partial charge >= 0.3 is 5.97 Å². The van der Waals surface area contributed by atoms with Crippen LogP contribution in [-0.2, 0) is 16.2 Å². The predicted octanol–water partition coefficient (Wildman–Crippen LogP) is 2.64. The minimum Gasteiger partial charge on any atom is -0.497 e. The van der Waals surface area contributed by atoms with Gasteiger partial charge in [-0.1, -0.05) is 6.07 Å². The maximum atomic E-state index is 12.0. The molecule has 7 nitrogen and oxygen atoms in total. The van der Waals surface area contributed by atoms with Gasteiger partial charge in [0.15, 0.2) is 0 Å². The van der Waals surface area contributed by atoms with E-state index in [4.69, 9.17) is 21.7 Å². The Morgan fingerprint density at radius 2 is 2.27 bits per heavy atom. The Morgan fingerprint density at radius 1 is 1.42 bits per heavy atom. The second-order valence-corrected chi connectivity index (χ2v) is 6.66. The van der Waals surface area contributed by atoms with E-state index < -0.39 is 0 Å². The molecule has 8 heteroatoms. The molecule has 0 bridgehead atoms. The summed E-state index contributed by atoms with van der Waals surface area (Å²) in [7, 11) is 1.64. The first kappa shape index (κ1) is 18.6. The molecule has 1 aromatic heterocycles. The molecule has 3 rings (SSSR count). The molecule has 1 aliphatic rings. The summed E-state index contributed by atoms with van der Waals surface area (Å²) in [4.78, 5) is 14.2. The molecule has 2 heterocycles. The third-order valence-electron chi connectivity index (χ3n) is 4.52. The molecular weight excluding hydrogens is 352 g/mol. The van der Waals surface area contributed by atoms with Crippen LogP contribution in [0.4, 0.5) is 0 Å². The van der Waals surface area contributed by atoms with Gasteiger partial charge in [0.05, 0.1) is 32.0 Å². The van der Waals surface area contributed by atoms with E-state index in [9.17, 15) is 4.79 Å². The lowest BCUT2D eigenvalue weighted by Gasteiger charge is -2.31. The zero-order valence-electron chi connectivity index (χ0n) is 15.1. The molecule has 1 aromatic carbocycles. The Bertz CT molecular complexity index is 817. The Kier molecular flexibility index (Phi) is 6.05. The normalized spacial score (nSPS) is 17.8. The van der Waals surface area contributed by atoms with Crippen LogP contribution in [0.25, 0.3) is 5.69 Å². The van der Waals surface area contributed by atoms with Gasteiger partial charge in [-0.25, -0.2) is 4.68 Å². The summed E-state index contributed by atoms with van der Waals surface area (Å²) >= 11 is 5.58. The maximum Gasteiger partial charge on any atom is 0.310 e. The molecule has 26 heavy (non-hydrogen) atoms. The van der Waals surface area contributed by atoms with E-state index in [1.807, 2.05) is 35.8 Å². The second-order valence-electron chi connectivity index (χ2n) is 6.29. The van der Waals surface area contributed by atoms with Gasteiger partial charge in [0.2, 0.25) is 4.77 Å². The number of benzene rings is 1. The molecule has 1 fully saturated rings. The van der Waals surface area contributed by atoms with Gasteiger partial charge in [-0.2, -0.15) is 5.10 Å². The standard InChI is InChI=1S/C18H24N4O3S/c1-3-25-17(23)14-6-5-9-20(11-14)13-22-18(26)21(12-19-22)15-7-4-8-16(10-15)24-2/h4,7-8,10,12,14H,3,5-6,9,11,13H2,1-2H3/t14-/m0/s1. The molecule has 0 radical (unpaired) electrons. The van der Waals surface area contributed by atoms with Crippen LogP contribution in [0.3, 0.4) is 0 Å². The molecule has 0 saturated carbocycles. The van der Waals surface area contributed by atoms with Gasteiger partial charge < -0.3 is 9.47 Å². The number of rotatable bonds is 6. The average molecular weight is 376 g/mol. The van der Waals surface area contributed by atoms with E-state index in [1.54, 1.807) is 18.1 Å². The summed E-state index contributed by atoms with van der Waals surface area (Å²) in [6.07, 6.45) is 3.55. The summed E-state index contributed by atoms with van der Waals surface area (Å²) in [5, 5.41) is 4.42. The molecule has 1 saturated heterocycles. The number of carbonyl (C=O) groups excluding carboxylic acids is 1. The van der Waals surface area contributed by atoms with E-state index in [2.05, 4.69) is 10.00 Å². The van der Waals surface area contributed by atoms with Crippen LogP contribution in [0, 0.1) is 10.7 Å². The molecule has 2 aromatic rings. The van der Waals surface area contributed by atoms with E-state index in [0.29, 0.717) is 24.6 Å². The van der Waals surface area contributed by atoms with Crippen LogP contribution < -0.4 is 4.74 Å². The lowest BCUT2D eigenvalue weighted by Crippen LogP contribution is -2.40. The maximum absolute atomic E-state index is 12.0. The number of methoxy groups -OCH3 is 1. The number of carbonyl (C=O) groups is 1. The summed E-state index contributed by atoms with van der Waals surface area (Å²) < 4.78 is 14.7. The van der Waals surface area contributed by atoms with Crippen molar-refractivity contribution in [2.75, 3.05) is 26.8 Å². The second kappa shape index (κ2) is 8.46. The minimum absolute atomic E-state index is 0.0710. The lowest BCUT2D eigenvalue weighted by atomic mass is 9.99. The highest BCUT2D eigenvalue weighted by Crippen LogP contribution is 2.20. The van der Waals surface area contributed by atoms with Crippen molar-refractivity contribution >= 4 is 18.2 Å². The number of esters is 1. The average Bonchev–Trinajstić information content (AvgIpc) is 3.02. The first-order valence-electron chi connectivity index (χ1n) is 8.80. The molecule has 140 valence electrons. The SMILES string of the molecule is CCOC(=O)[C@H]1CCCN(Cn2ncn(-c3cccc(OC)c3)c2=S)C1. The van der Waals surface area contributed by atoms with E-state index in [-0.39, 0.29) is 11.9 Å². The molecule has 1 atom stereocenters. The summed E-state index contributed by atoms with van der Waals surface area (Å²) in [6, 6.07) is 7.68. The van der Waals surface area contributed by atoms with Crippen molar-refractivity contribution < 1.29 is 14.3 Å². The summed E-state index contributed by atoms with van der Waals surface area (Å²) in [6.45, 7) is 4.41. The predicted molar refractivity (Wildman–Crippen MR) is 99.9 cm³/mol. The molecule has 1 aliphatic heterocycles. The summed E-state index contributed by atoms with van der Waals surface area (Å²) in [5.41, 5.74) is 0.906. The zero-order chi connectivity index (χ0) is 18.5. The molecule has 0 N–H and O–H groups in total. The van der Waals surface area contributed by atoms with E-state index in [0.717, 1.165) is 30.8 Å². The van der Waals surface area contributed by atoms with Gasteiger partial charge in [0.25, 0.3) is 0 Å². The molecule has 0 unspecified atom stereocenters. The summed E-state index contributed by atoms with van der Waals surface area (Å²) in [5.74, 6) is 0.589. The first-order chi connectivity index (χ1) is 12.6. The number of hydrogen-bond donors (Lipinski definition) is 0. The Hall–Kier alpha value is -2.19. The fourth-order valence-electron chi connectivity index (χ4n) is 3.20. The first-order valence-corrected chi connectivity index (χ1v) is 9.21. The number of nitrogens with zero attached hydrogens (tertiary/aromatic N) is 4. The number of likely N-dealkylation sites (tertiary alicyclic amines) is 1. The smallest absolute Gasteiger partial charge is 0.310 e. The molecule has 0 amide bonds. The minimum atomic E-state index is -0.109. The van der Waals surface area contributed by atoms with Crippen molar-refractivity contribution in [1.29, 1.82) is 0 Å². The van der Waals surface area contributed by atoms with Crippen molar-refractivity contribution in [3.63, 3.8) is 0 Å². The lowest BCUT2D eigenvalue weighted by molar-refractivity contribution is -0.150. The van der Waals surface area contributed by atoms with Crippen LogP contribution in [-0.4, -0.2) is 52.0 Å². The quantitative estimate of drug-likeness (QED) is 0.571. The number of hydrogen-bond acceptors (Lipinski definition) is 6. The zero-order valence-corrected chi connectivity index (χ0v) is 15.9. The van der Waals surface area contributed by atoms with E-state index >= 15 is 0 Å². The topological polar surface area (TPSA) is 61.5 Å². The fourth-order valence-corrected chi connectivity index (χ4v) is 3.45. The van der Waals surface area contributed by atoms with Crippen LogP contribution in [0.2, 0.25) is 0 Å². The van der Waals surface area contributed by atoms with Crippen LogP contribution in [0.15, 0.2) is 30.6 Å². The van der Waals surface area contributed by atoms with Crippen molar-refractivity contribution in [3.05, 3.63) is 35.4 Å². The number of aromatic nitrogens is 3. The van der Waals surface area contributed by atoms with Crippen LogP contribution in [0.5, 0.6) is 5.75 Å². The molecular formula is C18H24N4O3S. The van der Waals surface area contributed by atoms with E-state index in [1.165, 1.54) is 0 Å². The van der Waals surface area contributed by atoms with Gasteiger partial charge in [-0.3, -0.25) is 14.3 Å². The Balaban J connectivity index is 1.72. The van der Waals surface area contributed by atoms with Gasteiger partial charge in [-0.15, -0.1) is 0 Å². The Labute approximate surface area is 158 Å². The van der Waals surface area contributed by atoms with Crippen LogP contribution >= 0.6 is 12.2 Å². The van der Waals surface area contributed by atoms with Gasteiger partial charge in [0, 0.05) is 12.6 Å².